The van der Waals surface area contributed by atoms with Gasteiger partial charge in [0.15, 0.2) is 0 Å². The molecule has 0 aliphatic carbocycles. The van der Waals surface area contributed by atoms with Crippen molar-refractivity contribution in [2.24, 2.45) is 11.3 Å². The average molecular weight is 488 g/mol. The molecule has 2 aliphatic rings. The number of piperidine rings is 1. The molecule has 6 nitrogen and oxygen atoms in total. The summed E-state index contributed by atoms with van der Waals surface area (Å²) in [6, 6.07) is 13.7. The van der Waals surface area contributed by atoms with Gasteiger partial charge in [0, 0.05) is 35.8 Å². The number of carbonyl (C=O) groups is 2. The number of esters is 1. The number of urea groups is 1. The molecule has 2 aromatic rings. The quantitative estimate of drug-likeness (QED) is 0.601. The Labute approximate surface area is 205 Å². The Hall–Kier alpha value is -2.80. The molecule has 34 heavy (non-hydrogen) atoms. The van der Waals surface area contributed by atoms with Crippen LogP contribution in [0.4, 0.5) is 14.9 Å². The van der Waals surface area contributed by atoms with E-state index in [2.05, 4.69) is 10.2 Å². The first kappa shape index (κ1) is 24.3. The summed E-state index contributed by atoms with van der Waals surface area (Å²) in [5.41, 5.74) is 2.13. The average Bonchev–Trinajstić information content (AvgIpc) is 2.82. The van der Waals surface area contributed by atoms with Gasteiger partial charge in [0.05, 0.1) is 13.2 Å². The number of rotatable bonds is 5. The van der Waals surface area contributed by atoms with Crippen molar-refractivity contribution in [2.45, 2.75) is 38.8 Å². The van der Waals surface area contributed by atoms with Crippen molar-refractivity contribution in [2.75, 3.05) is 31.6 Å². The number of nitrogens with one attached hydrogen (secondary N) is 1. The van der Waals surface area contributed by atoms with Crippen molar-refractivity contribution in [3.8, 4) is 0 Å². The molecule has 0 saturated carbocycles. The molecule has 0 bridgehead atoms. The first-order valence-corrected chi connectivity index (χ1v) is 12.0. The summed E-state index contributed by atoms with van der Waals surface area (Å²) >= 11 is 6.14. The van der Waals surface area contributed by atoms with Crippen molar-refractivity contribution in [3.63, 3.8) is 0 Å². The molecule has 2 fully saturated rings. The Morgan fingerprint density at radius 3 is 2.26 bits per heavy atom. The molecule has 8 heteroatoms. The Kier molecular flexibility index (Phi) is 7.03. The Bertz CT molecular complexity index is 1020. The van der Waals surface area contributed by atoms with Crippen LogP contribution < -0.4 is 10.2 Å². The van der Waals surface area contributed by atoms with E-state index in [-0.39, 0.29) is 29.2 Å². The number of methoxy groups -OCH3 is 1. The van der Waals surface area contributed by atoms with Crippen LogP contribution in [0.5, 0.6) is 0 Å². The molecular formula is C26H31ClFN3O3. The minimum absolute atomic E-state index is 0.00120. The lowest BCUT2D eigenvalue weighted by Gasteiger charge is -2.61. The van der Waals surface area contributed by atoms with Gasteiger partial charge < -0.3 is 19.9 Å². The smallest absolute Gasteiger partial charge is 0.328 e. The van der Waals surface area contributed by atoms with E-state index in [9.17, 15) is 14.0 Å². The molecular weight excluding hydrogens is 457 g/mol. The fourth-order valence-electron chi connectivity index (χ4n) is 5.22. The summed E-state index contributed by atoms with van der Waals surface area (Å²) in [5.74, 6) is -0.765. The van der Waals surface area contributed by atoms with E-state index in [1.54, 1.807) is 4.90 Å². The first-order valence-electron chi connectivity index (χ1n) is 11.6. The lowest BCUT2D eigenvalue weighted by molar-refractivity contribution is -0.144. The normalized spacial score (nSPS) is 20.1. The lowest BCUT2D eigenvalue weighted by Crippen LogP contribution is -2.63. The number of amides is 2. The van der Waals surface area contributed by atoms with Crippen molar-refractivity contribution in [3.05, 3.63) is 64.9 Å². The van der Waals surface area contributed by atoms with E-state index in [0.717, 1.165) is 30.6 Å². The van der Waals surface area contributed by atoms with Crippen LogP contribution in [-0.2, 0) is 9.53 Å². The second-order valence-electron chi connectivity index (χ2n) is 9.60. The zero-order valence-electron chi connectivity index (χ0n) is 19.8. The van der Waals surface area contributed by atoms with Crippen LogP contribution in [0.25, 0.3) is 0 Å². The number of benzene rings is 2. The van der Waals surface area contributed by atoms with E-state index >= 15 is 0 Å². The molecule has 2 aromatic carbocycles. The van der Waals surface area contributed by atoms with Crippen LogP contribution in [0.3, 0.4) is 0 Å². The third-order valence-electron chi connectivity index (χ3n) is 7.17. The molecule has 2 atom stereocenters. The Balaban J connectivity index is 1.49. The van der Waals surface area contributed by atoms with Crippen LogP contribution in [0.2, 0.25) is 5.02 Å². The number of nitrogens with zero attached hydrogens (tertiary/aromatic N) is 2. The summed E-state index contributed by atoms with van der Waals surface area (Å²) in [6.45, 7) is 5.78. The maximum atomic E-state index is 13.5. The van der Waals surface area contributed by atoms with E-state index < -0.39 is 12.0 Å². The fraction of sp³-hybridized carbons (Fsp3) is 0.462. The third kappa shape index (κ3) is 4.71. The molecule has 2 heterocycles. The van der Waals surface area contributed by atoms with Crippen LogP contribution in [0, 0.1) is 17.2 Å². The highest BCUT2D eigenvalue weighted by Crippen LogP contribution is 2.56. The van der Waals surface area contributed by atoms with Crippen molar-refractivity contribution >= 4 is 29.3 Å². The van der Waals surface area contributed by atoms with Gasteiger partial charge >= 0.3 is 12.0 Å². The van der Waals surface area contributed by atoms with E-state index in [0.29, 0.717) is 18.1 Å². The van der Waals surface area contributed by atoms with E-state index in [1.807, 2.05) is 50.2 Å². The van der Waals surface area contributed by atoms with Crippen LogP contribution in [0.15, 0.2) is 48.5 Å². The molecule has 4 rings (SSSR count). The van der Waals surface area contributed by atoms with Crippen LogP contribution in [0.1, 0.15) is 38.3 Å². The number of ether oxygens (including phenoxy) is 1. The van der Waals surface area contributed by atoms with E-state index in [4.69, 9.17) is 16.3 Å². The second-order valence-corrected chi connectivity index (χ2v) is 10.0. The molecule has 182 valence electrons. The van der Waals surface area contributed by atoms with Gasteiger partial charge in [-0.3, -0.25) is 0 Å². The topological polar surface area (TPSA) is 61.9 Å². The van der Waals surface area contributed by atoms with Crippen LogP contribution >= 0.6 is 11.6 Å². The van der Waals surface area contributed by atoms with Gasteiger partial charge in [0.1, 0.15) is 11.9 Å². The summed E-state index contributed by atoms with van der Waals surface area (Å²) in [5, 5.41) is 3.52. The van der Waals surface area contributed by atoms with Gasteiger partial charge in [0.25, 0.3) is 0 Å². The summed E-state index contributed by atoms with van der Waals surface area (Å²) < 4.78 is 18.4. The highest BCUT2D eigenvalue weighted by atomic mass is 35.5. The lowest BCUT2D eigenvalue weighted by atomic mass is 9.63. The summed E-state index contributed by atoms with van der Waals surface area (Å²) in [6.07, 6.45) is 1.66. The second kappa shape index (κ2) is 9.82. The van der Waals surface area contributed by atoms with Gasteiger partial charge in [-0.1, -0.05) is 37.6 Å². The minimum Gasteiger partial charge on any atom is -0.467 e. The number of anilines is 1. The molecule has 2 saturated heterocycles. The number of hydrogen-bond donors (Lipinski definition) is 1. The van der Waals surface area contributed by atoms with Gasteiger partial charge in [-0.25, -0.2) is 14.0 Å². The number of carbonyl (C=O) groups excluding carboxylic acids is 2. The predicted molar refractivity (Wildman–Crippen MR) is 130 cm³/mol. The number of hydrogen-bond acceptors (Lipinski definition) is 4. The highest BCUT2D eigenvalue weighted by molar-refractivity contribution is 6.30. The third-order valence-corrected chi connectivity index (χ3v) is 7.42. The molecule has 0 radical (unpaired) electrons. The monoisotopic (exact) mass is 487 g/mol. The van der Waals surface area contributed by atoms with E-state index in [1.165, 1.54) is 19.2 Å². The Morgan fingerprint density at radius 1 is 1.09 bits per heavy atom. The maximum Gasteiger partial charge on any atom is 0.328 e. The first-order chi connectivity index (χ1) is 16.2. The van der Waals surface area contributed by atoms with Crippen molar-refractivity contribution in [1.29, 1.82) is 0 Å². The molecule has 2 aliphatic heterocycles. The zero-order chi connectivity index (χ0) is 24.5. The maximum absolute atomic E-state index is 13.5. The van der Waals surface area contributed by atoms with Crippen LogP contribution in [-0.4, -0.2) is 49.7 Å². The number of halogens is 2. The molecule has 0 aromatic heterocycles. The molecule has 1 unspecified atom stereocenters. The minimum atomic E-state index is -0.673. The van der Waals surface area contributed by atoms with Gasteiger partial charge in [0.2, 0.25) is 0 Å². The molecule has 1 spiro atoms. The summed E-state index contributed by atoms with van der Waals surface area (Å²) in [4.78, 5) is 29.0. The predicted octanol–water partition coefficient (Wildman–Crippen LogP) is 5.03. The van der Waals surface area contributed by atoms with Crippen molar-refractivity contribution in [1.82, 2.24) is 10.2 Å². The standard InChI is InChI=1S/C26H31ClFN3O3/c1-17(2)22(24(32)34-3)29-25(33)30-14-12-26(13-15-30)16-31(21-10-8-20(28)9-11-21)23(26)18-4-6-19(27)7-5-18/h4-11,17,22-23H,12-16H2,1-3H3,(H,29,33)/t22-,23?/m0/s1. The zero-order valence-corrected chi connectivity index (χ0v) is 20.5. The molecule has 2 amide bonds. The molecule has 1 N–H and O–H groups in total. The van der Waals surface area contributed by atoms with Gasteiger partial charge in [-0.2, -0.15) is 0 Å². The highest BCUT2D eigenvalue weighted by Gasteiger charge is 2.54. The summed E-state index contributed by atoms with van der Waals surface area (Å²) in [7, 11) is 1.33. The largest absolute Gasteiger partial charge is 0.467 e. The SMILES string of the molecule is COC(=O)[C@@H](NC(=O)N1CCC2(CC1)CN(c1ccc(F)cc1)C2c1ccc(Cl)cc1)C(C)C. The fourth-order valence-corrected chi connectivity index (χ4v) is 5.35. The van der Waals surface area contributed by atoms with Gasteiger partial charge in [-0.05, 0) is 60.7 Å². The Morgan fingerprint density at radius 2 is 1.71 bits per heavy atom. The van der Waals surface area contributed by atoms with Gasteiger partial charge in [-0.15, -0.1) is 0 Å². The number of likely N-dealkylation sites (tertiary alicyclic amines) is 1. The van der Waals surface area contributed by atoms with Crippen molar-refractivity contribution < 1.29 is 18.7 Å².